The van der Waals surface area contributed by atoms with Gasteiger partial charge in [0.1, 0.15) is 5.75 Å². The second-order valence-electron chi connectivity index (χ2n) is 6.05. The van der Waals surface area contributed by atoms with Gasteiger partial charge >= 0.3 is 0 Å². The lowest BCUT2D eigenvalue weighted by molar-refractivity contribution is 0.0792. The van der Waals surface area contributed by atoms with Crippen LogP contribution in [0.4, 0.5) is 0 Å². The molecule has 0 spiro atoms. The van der Waals surface area contributed by atoms with E-state index in [1.807, 2.05) is 11.8 Å². The number of amides is 1. The summed E-state index contributed by atoms with van der Waals surface area (Å²) in [6.45, 7) is 4.18. The van der Waals surface area contributed by atoms with Crippen LogP contribution in [0.1, 0.15) is 40.5 Å². The van der Waals surface area contributed by atoms with E-state index in [9.17, 15) is 9.59 Å². The van der Waals surface area contributed by atoms with Crippen LogP contribution in [0.3, 0.4) is 0 Å². The highest BCUT2D eigenvalue weighted by Crippen LogP contribution is 2.20. The summed E-state index contributed by atoms with van der Waals surface area (Å²) >= 11 is 1.37. The molecule has 5 nitrogen and oxygen atoms in total. The minimum atomic E-state index is 0.0389. The highest BCUT2D eigenvalue weighted by atomic mass is 32.2. The molecule has 2 aromatic rings. The molecule has 136 valence electrons. The quantitative estimate of drug-likeness (QED) is 0.549. The number of likely N-dealkylation sites (tertiary alicyclic amines) is 1. The van der Waals surface area contributed by atoms with Gasteiger partial charge in [0.15, 0.2) is 5.78 Å². The maximum absolute atomic E-state index is 12.3. The van der Waals surface area contributed by atoms with Crippen molar-refractivity contribution in [3.63, 3.8) is 0 Å². The van der Waals surface area contributed by atoms with Crippen molar-refractivity contribution in [1.82, 2.24) is 9.88 Å². The summed E-state index contributed by atoms with van der Waals surface area (Å²) in [5.41, 5.74) is 1.26. The van der Waals surface area contributed by atoms with Gasteiger partial charge in [-0.1, -0.05) is 11.8 Å². The van der Waals surface area contributed by atoms with Gasteiger partial charge in [-0.2, -0.15) is 0 Å². The molecule has 0 bridgehead atoms. The number of hydrogen-bond donors (Lipinski definition) is 0. The van der Waals surface area contributed by atoms with Gasteiger partial charge in [-0.05, 0) is 56.2 Å². The smallest absolute Gasteiger partial charge is 0.255 e. The van der Waals surface area contributed by atoms with E-state index in [0.717, 1.165) is 36.7 Å². The van der Waals surface area contributed by atoms with Crippen LogP contribution in [-0.4, -0.2) is 47.0 Å². The molecule has 26 heavy (non-hydrogen) atoms. The van der Waals surface area contributed by atoms with Crippen molar-refractivity contribution in [2.45, 2.75) is 24.8 Å². The predicted octanol–water partition coefficient (Wildman–Crippen LogP) is 3.69. The van der Waals surface area contributed by atoms with Crippen molar-refractivity contribution in [2.75, 3.05) is 25.4 Å². The molecule has 0 N–H and O–H groups in total. The summed E-state index contributed by atoms with van der Waals surface area (Å²) < 4.78 is 5.38. The Morgan fingerprint density at radius 3 is 2.38 bits per heavy atom. The Morgan fingerprint density at radius 1 is 1.08 bits per heavy atom. The number of hydrogen-bond acceptors (Lipinski definition) is 5. The third kappa shape index (κ3) is 4.64. The molecular formula is C20H22N2O3S. The summed E-state index contributed by atoms with van der Waals surface area (Å²) in [5.74, 6) is 1.14. The lowest BCUT2D eigenvalue weighted by Crippen LogP contribution is -2.27. The van der Waals surface area contributed by atoms with E-state index in [4.69, 9.17) is 4.74 Å². The van der Waals surface area contributed by atoms with Gasteiger partial charge < -0.3 is 9.64 Å². The Bertz CT molecular complexity index is 754. The summed E-state index contributed by atoms with van der Waals surface area (Å²) in [6.07, 6.45) is 3.74. The van der Waals surface area contributed by atoms with Gasteiger partial charge in [-0.3, -0.25) is 9.59 Å². The molecule has 1 saturated heterocycles. The zero-order valence-corrected chi connectivity index (χ0v) is 15.6. The Labute approximate surface area is 157 Å². The highest BCUT2D eigenvalue weighted by Gasteiger charge is 2.19. The van der Waals surface area contributed by atoms with Crippen molar-refractivity contribution in [2.24, 2.45) is 0 Å². The number of Topliss-reactive ketones (excluding diaryl/α,β-unsaturated/α-hetero) is 1. The average Bonchev–Trinajstić information content (AvgIpc) is 3.21. The Balaban J connectivity index is 1.54. The Morgan fingerprint density at radius 2 is 1.77 bits per heavy atom. The SMILES string of the molecule is CCOc1ccc(C(=O)CSc2ccc(C(=O)N3CCCC3)cn2)cc1. The zero-order valence-electron chi connectivity index (χ0n) is 14.8. The van der Waals surface area contributed by atoms with Crippen molar-refractivity contribution in [1.29, 1.82) is 0 Å². The minimum absolute atomic E-state index is 0.0389. The lowest BCUT2D eigenvalue weighted by atomic mass is 10.1. The van der Waals surface area contributed by atoms with E-state index in [-0.39, 0.29) is 11.7 Å². The normalized spacial score (nSPS) is 13.7. The first kappa shape index (κ1) is 18.5. The summed E-state index contributed by atoms with van der Waals surface area (Å²) in [5, 5.41) is 0.738. The first-order valence-corrected chi connectivity index (χ1v) is 9.80. The second-order valence-corrected chi connectivity index (χ2v) is 7.05. The third-order valence-corrected chi connectivity index (χ3v) is 5.16. The largest absolute Gasteiger partial charge is 0.494 e. The summed E-state index contributed by atoms with van der Waals surface area (Å²) in [6, 6.07) is 10.8. The van der Waals surface area contributed by atoms with Crippen molar-refractivity contribution in [3.05, 3.63) is 53.7 Å². The molecule has 0 atom stereocenters. The molecule has 0 unspecified atom stereocenters. The van der Waals surface area contributed by atoms with E-state index in [1.165, 1.54) is 11.8 Å². The fourth-order valence-corrected chi connectivity index (χ4v) is 3.56. The van der Waals surface area contributed by atoms with E-state index in [1.54, 1.807) is 42.6 Å². The number of aromatic nitrogens is 1. The highest BCUT2D eigenvalue weighted by molar-refractivity contribution is 7.99. The molecule has 6 heteroatoms. The second kappa shape index (κ2) is 8.85. The molecule has 0 radical (unpaired) electrons. The number of carbonyl (C=O) groups is 2. The number of rotatable bonds is 7. The molecule has 0 aliphatic carbocycles. The third-order valence-electron chi connectivity index (χ3n) is 4.22. The molecule has 0 saturated carbocycles. The van der Waals surface area contributed by atoms with E-state index < -0.39 is 0 Å². The van der Waals surface area contributed by atoms with Crippen molar-refractivity contribution in [3.8, 4) is 5.75 Å². The number of carbonyl (C=O) groups excluding carboxylic acids is 2. The monoisotopic (exact) mass is 370 g/mol. The summed E-state index contributed by atoms with van der Waals surface area (Å²) in [7, 11) is 0. The van der Waals surface area contributed by atoms with E-state index in [2.05, 4.69) is 4.98 Å². The predicted molar refractivity (Wildman–Crippen MR) is 102 cm³/mol. The lowest BCUT2D eigenvalue weighted by Gasteiger charge is -2.14. The fraction of sp³-hybridized carbons (Fsp3) is 0.350. The zero-order chi connectivity index (χ0) is 18.4. The first-order chi connectivity index (χ1) is 12.7. The van der Waals surface area contributed by atoms with Gasteiger partial charge in [-0.25, -0.2) is 4.98 Å². The van der Waals surface area contributed by atoms with Crippen LogP contribution in [0, 0.1) is 0 Å². The Hall–Kier alpha value is -2.34. The standard InChI is InChI=1S/C20H22N2O3S/c1-2-25-17-8-5-15(6-9-17)18(23)14-26-19-10-7-16(13-21-19)20(24)22-11-3-4-12-22/h5-10,13H,2-4,11-12,14H2,1H3. The summed E-state index contributed by atoms with van der Waals surface area (Å²) in [4.78, 5) is 30.8. The van der Waals surface area contributed by atoms with Crippen molar-refractivity contribution >= 4 is 23.5 Å². The van der Waals surface area contributed by atoms with Crippen LogP contribution in [0.15, 0.2) is 47.6 Å². The minimum Gasteiger partial charge on any atom is -0.494 e. The fourth-order valence-electron chi connectivity index (χ4n) is 2.82. The molecular weight excluding hydrogens is 348 g/mol. The van der Waals surface area contributed by atoms with Crippen LogP contribution < -0.4 is 4.74 Å². The van der Waals surface area contributed by atoms with E-state index >= 15 is 0 Å². The molecule has 1 aromatic heterocycles. The van der Waals surface area contributed by atoms with E-state index in [0.29, 0.717) is 23.5 Å². The molecule has 1 fully saturated rings. The number of thioether (sulfide) groups is 1. The number of nitrogens with zero attached hydrogens (tertiary/aromatic N) is 2. The van der Waals surface area contributed by atoms with Crippen molar-refractivity contribution < 1.29 is 14.3 Å². The van der Waals surface area contributed by atoms with Crippen LogP contribution in [0.25, 0.3) is 0 Å². The molecule has 3 rings (SSSR count). The Kier molecular flexibility index (Phi) is 6.28. The molecule has 1 aliphatic heterocycles. The topological polar surface area (TPSA) is 59.5 Å². The maximum atomic E-state index is 12.3. The van der Waals surface area contributed by atoms with Gasteiger partial charge in [0.05, 0.1) is 22.9 Å². The number of pyridine rings is 1. The number of ether oxygens (including phenoxy) is 1. The van der Waals surface area contributed by atoms with Crippen LogP contribution in [0.2, 0.25) is 0 Å². The first-order valence-electron chi connectivity index (χ1n) is 8.81. The van der Waals surface area contributed by atoms with Gasteiger partial charge in [0, 0.05) is 24.8 Å². The number of benzene rings is 1. The molecule has 2 heterocycles. The average molecular weight is 370 g/mol. The van der Waals surface area contributed by atoms with Crippen LogP contribution in [-0.2, 0) is 0 Å². The number of ketones is 1. The maximum Gasteiger partial charge on any atom is 0.255 e. The van der Waals surface area contributed by atoms with Gasteiger partial charge in [0.2, 0.25) is 0 Å². The molecule has 1 aliphatic rings. The van der Waals surface area contributed by atoms with Crippen LogP contribution in [0.5, 0.6) is 5.75 Å². The van der Waals surface area contributed by atoms with Crippen LogP contribution >= 0.6 is 11.8 Å². The molecule has 1 amide bonds. The molecule has 1 aromatic carbocycles. The van der Waals surface area contributed by atoms with Gasteiger partial charge in [-0.15, -0.1) is 0 Å². The van der Waals surface area contributed by atoms with Gasteiger partial charge in [0.25, 0.3) is 5.91 Å².